The number of H-pyrrole nitrogens is 1. The molecule has 0 unspecified atom stereocenters. The average Bonchev–Trinajstić information content (AvgIpc) is 2.72. The fraction of sp³-hybridized carbons (Fsp3) is 0. The van der Waals surface area contributed by atoms with Crippen molar-refractivity contribution in [2.24, 2.45) is 0 Å². The summed E-state index contributed by atoms with van der Waals surface area (Å²) in [5.74, 6) is 0.342. The zero-order valence-electron chi connectivity index (χ0n) is 6.78. The number of nitrogens with one attached hydrogen (secondary N) is 1. The highest BCUT2D eigenvalue weighted by molar-refractivity contribution is 6.07. The smallest absolute Gasteiger partial charge is 0.229 e. The second kappa shape index (κ2) is 2.82. The van der Waals surface area contributed by atoms with E-state index in [1.165, 1.54) is 0 Å². The van der Waals surface area contributed by atoms with E-state index >= 15 is 0 Å². The summed E-state index contributed by atoms with van der Waals surface area (Å²) in [6.07, 6.45) is 3.29. The molecule has 0 radical (unpaired) electrons. The van der Waals surface area contributed by atoms with Crippen molar-refractivity contribution in [3.05, 3.63) is 41.9 Å². The molecule has 0 atom stereocenters. The molecule has 2 rings (SSSR count). The van der Waals surface area contributed by atoms with Gasteiger partial charge in [0.25, 0.3) is 0 Å². The Bertz CT molecular complexity index is 415. The second-order valence-electron chi connectivity index (χ2n) is 2.63. The molecule has 0 fully saturated rings. The Morgan fingerprint density at radius 1 is 1.38 bits per heavy atom. The molecule has 0 amide bonds. The van der Waals surface area contributed by atoms with Crippen LogP contribution in [0.1, 0.15) is 16.1 Å². The van der Waals surface area contributed by atoms with Gasteiger partial charge in [-0.05, 0) is 12.1 Å². The third-order valence-corrected chi connectivity index (χ3v) is 1.71. The first kappa shape index (κ1) is 7.67. The number of rotatable bonds is 2. The largest absolute Gasteiger partial charge is 0.437 e. The molecule has 4 nitrogen and oxygen atoms in total. The minimum atomic E-state index is -0.169. The molecule has 0 aliphatic carbocycles. The monoisotopic (exact) mass is 176 g/mol. The van der Waals surface area contributed by atoms with E-state index in [4.69, 9.17) is 10.2 Å². The van der Waals surface area contributed by atoms with Gasteiger partial charge >= 0.3 is 0 Å². The van der Waals surface area contributed by atoms with Crippen molar-refractivity contribution in [1.29, 1.82) is 0 Å². The molecule has 13 heavy (non-hydrogen) atoms. The molecule has 0 aliphatic heterocycles. The van der Waals surface area contributed by atoms with Crippen LogP contribution in [0.25, 0.3) is 0 Å². The van der Waals surface area contributed by atoms with Gasteiger partial charge in [0.15, 0.2) is 11.6 Å². The van der Waals surface area contributed by atoms with Gasteiger partial charge in [0, 0.05) is 24.0 Å². The number of hydrogen-bond acceptors (Lipinski definition) is 3. The van der Waals surface area contributed by atoms with Crippen molar-refractivity contribution in [2.75, 3.05) is 5.73 Å². The minimum absolute atomic E-state index is 0.169. The van der Waals surface area contributed by atoms with Crippen molar-refractivity contribution in [3.8, 4) is 0 Å². The number of carbonyl (C=O) groups is 1. The molecule has 2 aromatic rings. The van der Waals surface area contributed by atoms with Crippen LogP contribution in [0.4, 0.5) is 5.88 Å². The highest BCUT2D eigenvalue weighted by Gasteiger charge is 2.12. The molecule has 66 valence electrons. The summed E-state index contributed by atoms with van der Waals surface area (Å²) in [4.78, 5) is 14.3. The van der Waals surface area contributed by atoms with Crippen LogP contribution in [0.5, 0.6) is 0 Å². The van der Waals surface area contributed by atoms with Gasteiger partial charge < -0.3 is 15.1 Å². The maximum Gasteiger partial charge on any atom is 0.229 e. The first-order valence-electron chi connectivity index (χ1n) is 3.80. The molecule has 0 bridgehead atoms. The van der Waals surface area contributed by atoms with Gasteiger partial charge in [0.1, 0.15) is 0 Å². The predicted octanol–water partition coefficient (Wildman–Crippen LogP) is 1.42. The summed E-state index contributed by atoms with van der Waals surface area (Å²) < 4.78 is 4.98. The molecule has 0 spiro atoms. The molecule has 2 aromatic heterocycles. The molecule has 3 N–H and O–H groups in total. The lowest BCUT2D eigenvalue weighted by Crippen LogP contribution is -1.96. The number of anilines is 1. The van der Waals surface area contributed by atoms with Gasteiger partial charge in [0.2, 0.25) is 5.78 Å². The number of nitrogens with two attached hydrogens (primary N) is 1. The van der Waals surface area contributed by atoms with Gasteiger partial charge in [-0.3, -0.25) is 4.79 Å². The van der Waals surface area contributed by atoms with Crippen LogP contribution in [0.2, 0.25) is 0 Å². The number of ketones is 1. The lowest BCUT2D eigenvalue weighted by Gasteiger charge is -1.90. The van der Waals surface area contributed by atoms with Crippen LogP contribution >= 0.6 is 0 Å². The van der Waals surface area contributed by atoms with E-state index < -0.39 is 0 Å². The number of hydrogen-bond donors (Lipinski definition) is 2. The van der Waals surface area contributed by atoms with Crippen molar-refractivity contribution >= 4 is 11.7 Å². The Morgan fingerprint density at radius 2 is 2.23 bits per heavy atom. The van der Waals surface area contributed by atoms with Crippen molar-refractivity contribution < 1.29 is 9.21 Å². The standard InChI is InChI=1S/C9H8N2O2/c10-8-2-1-7(13-8)9(12)6-3-4-11-5-6/h1-5,11H,10H2. The maximum atomic E-state index is 11.6. The molecule has 0 saturated carbocycles. The van der Waals surface area contributed by atoms with Gasteiger partial charge in [-0.25, -0.2) is 0 Å². The summed E-state index contributed by atoms with van der Waals surface area (Å²) in [5.41, 5.74) is 5.91. The van der Waals surface area contributed by atoms with E-state index in [9.17, 15) is 4.79 Å². The van der Waals surface area contributed by atoms with Crippen LogP contribution in [0, 0.1) is 0 Å². The predicted molar refractivity (Wildman–Crippen MR) is 47.3 cm³/mol. The first-order chi connectivity index (χ1) is 6.27. The maximum absolute atomic E-state index is 11.6. The van der Waals surface area contributed by atoms with E-state index in [1.54, 1.807) is 30.6 Å². The normalized spacial score (nSPS) is 10.2. The van der Waals surface area contributed by atoms with Crippen LogP contribution in [0.3, 0.4) is 0 Å². The van der Waals surface area contributed by atoms with E-state index in [0.29, 0.717) is 5.56 Å². The van der Waals surface area contributed by atoms with Crippen molar-refractivity contribution in [1.82, 2.24) is 4.98 Å². The Labute approximate surface area is 74.4 Å². The Kier molecular flexibility index (Phi) is 1.66. The van der Waals surface area contributed by atoms with E-state index in [0.717, 1.165) is 0 Å². The Morgan fingerprint density at radius 3 is 2.77 bits per heavy atom. The average molecular weight is 176 g/mol. The molecular weight excluding hydrogens is 168 g/mol. The fourth-order valence-corrected chi connectivity index (χ4v) is 1.08. The molecule has 0 aliphatic rings. The van der Waals surface area contributed by atoms with Crippen molar-refractivity contribution in [2.45, 2.75) is 0 Å². The second-order valence-corrected chi connectivity index (χ2v) is 2.63. The van der Waals surface area contributed by atoms with E-state index in [2.05, 4.69) is 4.98 Å². The van der Waals surface area contributed by atoms with Crippen molar-refractivity contribution in [3.63, 3.8) is 0 Å². The van der Waals surface area contributed by atoms with Gasteiger partial charge in [0.05, 0.1) is 0 Å². The zero-order chi connectivity index (χ0) is 9.26. The number of nitrogen functional groups attached to an aromatic ring is 1. The summed E-state index contributed by atoms with van der Waals surface area (Å²) in [6, 6.07) is 4.80. The van der Waals surface area contributed by atoms with Gasteiger partial charge in [-0.15, -0.1) is 0 Å². The molecule has 0 aromatic carbocycles. The number of carbonyl (C=O) groups excluding carboxylic acids is 1. The number of aromatic nitrogens is 1. The zero-order valence-corrected chi connectivity index (χ0v) is 6.78. The quantitative estimate of drug-likeness (QED) is 0.679. The third-order valence-electron chi connectivity index (χ3n) is 1.71. The van der Waals surface area contributed by atoms with E-state index in [1.807, 2.05) is 0 Å². The summed E-state index contributed by atoms with van der Waals surface area (Å²) >= 11 is 0. The Balaban J connectivity index is 2.33. The van der Waals surface area contributed by atoms with E-state index in [-0.39, 0.29) is 17.4 Å². The third kappa shape index (κ3) is 1.33. The lowest BCUT2D eigenvalue weighted by molar-refractivity contribution is 0.101. The summed E-state index contributed by atoms with van der Waals surface area (Å²) in [6.45, 7) is 0. The number of aromatic amines is 1. The van der Waals surface area contributed by atoms with Crippen LogP contribution < -0.4 is 5.73 Å². The van der Waals surface area contributed by atoms with Crippen LogP contribution in [0.15, 0.2) is 35.0 Å². The highest BCUT2D eigenvalue weighted by Crippen LogP contribution is 2.13. The minimum Gasteiger partial charge on any atom is -0.437 e. The van der Waals surface area contributed by atoms with Gasteiger partial charge in [-0.2, -0.15) is 0 Å². The molecular formula is C9H8N2O2. The lowest BCUT2D eigenvalue weighted by atomic mass is 10.2. The van der Waals surface area contributed by atoms with Gasteiger partial charge in [-0.1, -0.05) is 0 Å². The van der Waals surface area contributed by atoms with Crippen LogP contribution in [-0.2, 0) is 0 Å². The molecule has 2 heterocycles. The topological polar surface area (TPSA) is 72.0 Å². The number of furan rings is 1. The van der Waals surface area contributed by atoms with Crippen LogP contribution in [-0.4, -0.2) is 10.8 Å². The molecule has 4 heteroatoms. The first-order valence-corrected chi connectivity index (χ1v) is 3.80. The summed E-state index contributed by atoms with van der Waals surface area (Å²) in [7, 11) is 0. The molecule has 0 saturated heterocycles. The Hall–Kier alpha value is -1.97. The fourth-order valence-electron chi connectivity index (χ4n) is 1.08. The summed E-state index contributed by atoms with van der Waals surface area (Å²) in [5, 5.41) is 0. The highest BCUT2D eigenvalue weighted by atomic mass is 16.4. The SMILES string of the molecule is Nc1ccc(C(=O)c2cc[nH]c2)o1.